The zero-order valence-electron chi connectivity index (χ0n) is 11.1. The molecule has 0 aliphatic rings. The van der Waals surface area contributed by atoms with Gasteiger partial charge in [-0.2, -0.15) is 0 Å². The molecule has 0 aliphatic carbocycles. The van der Waals surface area contributed by atoms with Gasteiger partial charge in [0.25, 0.3) is 0 Å². The van der Waals surface area contributed by atoms with Crippen molar-refractivity contribution in [2.45, 2.75) is 26.6 Å². The summed E-state index contributed by atoms with van der Waals surface area (Å²) in [4.78, 5) is 0. The SMILES string of the molecule is Cc1ccc(OCc2ccc(Br)cc2)c([C@@H](C)O)c1. The first-order valence-corrected chi connectivity index (χ1v) is 7.01. The maximum absolute atomic E-state index is 9.78. The lowest BCUT2D eigenvalue weighted by molar-refractivity contribution is 0.190. The van der Waals surface area contributed by atoms with Crippen molar-refractivity contribution in [2.75, 3.05) is 0 Å². The van der Waals surface area contributed by atoms with Gasteiger partial charge in [-0.1, -0.05) is 39.7 Å². The van der Waals surface area contributed by atoms with Gasteiger partial charge >= 0.3 is 0 Å². The maximum Gasteiger partial charge on any atom is 0.125 e. The first-order valence-electron chi connectivity index (χ1n) is 6.22. The van der Waals surface area contributed by atoms with Crippen molar-refractivity contribution in [2.24, 2.45) is 0 Å². The number of aliphatic hydroxyl groups excluding tert-OH is 1. The van der Waals surface area contributed by atoms with Gasteiger partial charge in [-0.3, -0.25) is 0 Å². The minimum Gasteiger partial charge on any atom is -0.489 e. The molecule has 0 radical (unpaired) electrons. The van der Waals surface area contributed by atoms with Crippen LogP contribution in [0.15, 0.2) is 46.9 Å². The molecule has 1 atom stereocenters. The van der Waals surface area contributed by atoms with Crippen LogP contribution in [0, 0.1) is 6.92 Å². The van der Waals surface area contributed by atoms with E-state index in [4.69, 9.17) is 4.74 Å². The van der Waals surface area contributed by atoms with Crippen LogP contribution < -0.4 is 4.74 Å². The Morgan fingerprint density at radius 1 is 1.16 bits per heavy atom. The van der Waals surface area contributed by atoms with Gasteiger partial charge in [-0.05, 0) is 43.7 Å². The van der Waals surface area contributed by atoms with Gasteiger partial charge in [0.15, 0.2) is 0 Å². The van der Waals surface area contributed by atoms with Crippen molar-refractivity contribution in [3.8, 4) is 5.75 Å². The zero-order valence-corrected chi connectivity index (χ0v) is 12.6. The second kappa shape index (κ2) is 6.22. The Bertz CT molecular complexity index is 547. The van der Waals surface area contributed by atoms with Crippen molar-refractivity contribution in [3.63, 3.8) is 0 Å². The van der Waals surface area contributed by atoms with Crippen molar-refractivity contribution in [3.05, 3.63) is 63.6 Å². The summed E-state index contributed by atoms with van der Waals surface area (Å²) in [6.45, 7) is 4.25. The molecular weight excluding hydrogens is 304 g/mol. The fourth-order valence-corrected chi connectivity index (χ4v) is 2.13. The van der Waals surface area contributed by atoms with Gasteiger partial charge in [0.2, 0.25) is 0 Å². The Labute approximate surface area is 122 Å². The minimum atomic E-state index is -0.528. The van der Waals surface area contributed by atoms with Gasteiger partial charge in [-0.25, -0.2) is 0 Å². The summed E-state index contributed by atoms with van der Waals surface area (Å²) in [6.07, 6.45) is -0.528. The standard InChI is InChI=1S/C16H17BrO2/c1-11-3-8-16(15(9-11)12(2)18)19-10-13-4-6-14(17)7-5-13/h3-9,12,18H,10H2,1-2H3/t12-/m1/s1. The summed E-state index contributed by atoms with van der Waals surface area (Å²) in [5.41, 5.74) is 3.05. The van der Waals surface area contributed by atoms with E-state index in [0.717, 1.165) is 26.9 Å². The number of hydrogen-bond acceptors (Lipinski definition) is 2. The number of ether oxygens (including phenoxy) is 1. The van der Waals surface area contributed by atoms with Gasteiger partial charge in [0.1, 0.15) is 12.4 Å². The van der Waals surface area contributed by atoms with E-state index in [9.17, 15) is 5.11 Å². The van der Waals surface area contributed by atoms with Crippen molar-refractivity contribution in [1.82, 2.24) is 0 Å². The molecule has 0 saturated heterocycles. The molecule has 2 aromatic carbocycles. The third-order valence-corrected chi connectivity index (χ3v) is 3.45. The summed E-state index contributed by atoms with van der Waals surface area (Å²) < 4.78 is 6.86. The molecule has 100 valence electrons. The number of rotatable bonds is 4. The maximum atomic E-state index is 9.78. The Balaban J connectivity index is 2.13. The van der Waals surface area contributed by atoms with Gasteiger partial charge in [0, 0.05) is 10.0 Å². The Morgan fingerprint density at radius 3 is 2.47 bits per heavy atom. The van der Waals surface area contributed by atoms with Gasteiger partial charge < -0.3 is 9.84 Å². The summed E-state index contributed by atoms with van der Waals surface area (Å²) in [6, 6.07) is 13.9. The lowest BCUT2D eigenvalue weighted by Crippen LogP contribution is -2.01. The van der Waals surface area contributed by atoms with E-state index in [0.29, 0.717) is 6.61 Å². The highest BCUT2D eigenvalue weighted by Gasteiger charge is 2.09. The molecule has 19 heavy (non-hydrogen) atoms. The summed E-state index contributed by atoms with van der Waals surface area (Å²) in [7, 11) is 0. The highest BCUT2D eigenvalue weighted by Crippen LogP contribution is 2.27. The van der Waals surface area contributed by atoms with Crippen LogP contribution in [0.25, 0.3) is 0 Å². The minimum absolute atomic E-state index is 0.496. The average molecular weight is 321 g/mol. The largest absolute Gasteiger partial charge is 0.489 e. The summed E-state index contributed by atoms with van der Waals surface area (Å²) >= 11 is 3.41. The van der Waals surface area contributed by atoms with E-state index < -0.39 is 6.10 Å². The highest BCUT2D eigenvalue weighted by molar-refractivity contribution is 9.10. The van der Waals surface area contributed by atoms with Crippen molar-refractivity contribution in [1.29, 1.82) is 0 Å². The molecule has 0 spiro atoms. The molecule has 0 aromatic heterocycles. The van der Waals surface area contributed by atoms with E-state index in [2.05, 4.69) is 15.9 Å². The summed E-state index contributed by atoms with van der Waals surface area (Å²) in [5, 5.41) is 9.78. The number of hydrogen-bond donors (Lipinski definition) is 1. The predicted molar refractivity (Wildman–Crippen MR) is 80.3 cm³/mol. The van der Waals surface area contributed by atoms with E-state index in [-0.39, 0.29) is 0 Å². The lowest BCUT2D eigenvalue weighted by Gasteiger charge is -2.14. The van der Waals surface area contributed by atoms with E-state index in [1.165, 1.54) is 0 Å². The third kappa shape index (κ3) is 3.82. The lowest BCUT2D eigenvalue weighted by atomic mass is 10.1. The molecule has 2 aromatic rings. The molecule has 0 amide bonds. The molecular formula is C16H17BrO2. The van der Waals surface area contributed by atoms with Crippen molar-refractivity contribution >= 4 is 15.9 Å². The Kier molecular flexibility index (Phi) is 4.61. The molecule has 0 heterocycles. The van der Waals surface area contributed by atoms with E-state index in [1.54, 1.807) is 6.92 Å². The number of halogens is 1. The van der Waals surface area contributed by atoms with Crippen LogP contribution in [-0.4, -0.2) is 5.11 Å². The van der Waals surface area contributed by atoms with Crippen molar-refractivity contribution < 1.29 is 9.84 Å². The molecule has 0 bridgehead atoms. The topological polar surface area (TPSA) is 29.5 Å². The molecule has 2 rings (SSSR count). The quantitative estimate of drug-likeness (QED) is 0.905. The van der Waals surface area contributed by atoms with Gasteiger partial charge in [0.05, 0.1) is 6.10 Å². The fraction of sp³-hybridized carbons (Fsp3) is 0.250. The Hall–Kier alpha value is -1.32. The van der Waals surface area contributed by atoms with Crippen LogP contribution in [0.2, 0.25) is 0 Å². The highest BCUT2D eigenvalue weighted by atomic mass is 79.9. The molecule has 1 N–H and O–H groups in total. The second-order valence-electron chi connectivity index (χ2n) is 4.63. The van der Waals surface area contributed by atoms with Crippen LogP contribution in [0.4, 0.5) is 0 Å². The van der Waals surface area contributed by atoms with Crippen LogP contribution in [0.3, 0.4) is 0 Å². The monoisotopic (exact) mass is 320 g/mol. The molecule has 2 nitrogen and oxygen atoms in total. The molecule has 0 saturated carbocycles. The van der Waals surface area contributed by atoms with Crippen LogP contribution in [0.5, 0.6) is 5.75 Å². The molecule has 0 fully saturated rings. The second-order valence-corrected chi connectivity index (χ2v) is 5.55. The normalized spacial score (nSPS) is 12.2. The fourth-order valence-electron chi connectivity index (χ4n) is 1.87. The molecule has 3 heteroatoms. The first-order chi connectivity index (χ1) is 9.06. The summed E-state index contributed by atoms with van der Waals surface area (Å²) in [5.74, 6) is 0.739. The van der Waals surface area contributed by atoms with Gasteiger partial charge in [-0.15, -0.1) is 0 Å². The number of aliphatic hydroxyl groups is 1. The van der Waals surface area contributed by atoms with Crippen LogP contribution in [-0.2, 0) is 6.61 Å². The predicted octanol–water partition coefficient (Wildman–Crippen LogP) is 4.39. The first kappa shape index (κ1) is 14.1. The number of benzene rings is 2. The number of aryl methyl sites for hydroxylation is 1. The smallest absolute Gasteiger partial charge is 0.125 e. The Morgan fingerprint density at radius 2 is 1.84 bits per heavy atom. The zero-order chi connectivity index (χ0) is 13.8. The van der Waals surface area contributed by atoms with Crippen LogP contribution in [0.1, 0.15) is 29.7 Å². The molecule has 0 unspecified atom stereocenters. The molecule has 0 aliphatic heterocycles. The average Bonchev–Trinajstić information content (AvgIpc) is 2.39. The third-order valence-electron chi connectivity index (χ3n) is 2.92. The van der Waals surface area contributed by atoms with Crippen LogP contribution >= 0.6 is 15.9 Å². The van der Waals surface area contributed by atoms with E-state index in [1.807, 2.05) is 49.4 Å². The van der Waals surface area contributed by atoms with E-state index >= 15 is 0 Å².